The minimum absolute atomic E-state index is 0.111. The summed E-state index contributed by atoms with van der Waals surface area (Å²) in [6, 6.07) is 10.3. The van der Waals surface area contributed by atoms with Crippen LogP contribution < -0.4 is 10.6 Å². The van der Waals surface area contributed by atoms with Crippen LogP contribution in [0.1, 0.15) is 37.7 Å². The molecule has 1 aliphatic heterocycles. The molecule has 0 unspecified atom stereocenters. The zero-order valence-corrected chi connectivity index (χ0v) is 13.5. The van der Waals surface area contributed by atoms with Crippen molar-refractivity contribution < 1.29 is 9.59 Å². The third kappa shape index (κ3) is 4.03. The van der Waals surface area contributed by atoms with Gasteiger partial charge in [0.15, 0.2) is 0 Å². The normalized spacial score (nSPS) is 18.8. The predicted molar refractivity (Wildman–Crippen MR) is 89.2 cm³/mol. The number of hydrogen-bond donors (Lipinski definition) is 2. The fourth-order valence-corrected chi connectivity index (χ4v) is 3.23. The fraction of sp³-hybridized carbons (Fsp3) is 0.556. The van der Waals surface area contributed by atoms with Gasteiger partial charge < -0.3 is 15.5 Å². The maximum Gasteiger partial charge on any atom is 0.314 e. The summed E-state index contributed by atoms with van der Waals surface area (Å²) in [5.41, 5.74) is 1.45. The van der Waals surface area contributed by atoms with Gasteiger partial charge in [-0.05, 0) is 31.2 Å². The number of nitrogens with one attached hydrogen (secondary N) is 2. The Kier molecular flexibility index (Phi) is 4.84. The summed E-state index contributed by atoms with van der Waals surface area (Å²) < 4.78 is 0. The van der Waals surface area contributed by atoms with E-state index in [-0.39, 0.29) is 17.4 Å². The molecule has 124 valence electrons. The van der Waals surface area contributed by atoms with Crippen molar-refractivity contribution >= 4 is 11.9 Å². The molecule has 2 N–H and O–H groups in total. The number of amides is 3. The first-order valence-electron chi connectivity index (χ1n) is 8.55. The van der Waals surface area contributed by atoms with Crippen LogP contribution in [0.25, 0.3) is 0 Å². The molecule has 1 saturated carbocycles. The van der Waals surface area contributed by atoms with Crippen LogP contribution in [0.4, 0.5) is 4.79 Å². The van der Waals surface area contributed by atoms with E-state index < -0.39 is 0 Å². The quantitative estimate of drug-likeness (QED) is 0.756. The highest BCUT2D eigenvalue weighted by Crippen LogP contribution is 2.47. The second-order valence-corrected chi connectivity index (χ2v) is 6.59. The van der Waals surface area contributed by atoms with Gasteiger partial charge in [-0.1, -0.05) is 30.3 Å². The highest BCUT2D eigenvalue weighted by molar-refractivity contribution is 5.78. The molecule has 0 radical (unpaired) electrons. The van der Waals surface area contributed by atoms with Crippen LogP contribution in [0.3, 0.4) is 0 Å². The van der Waals surface area contributed by atoms with E-state index in [4.69, 9.17) is 0 Å². The molecular formula is C18H25N3O2. The van der Waals surface area contributed by atoms with Gasteiger partial charge in [-0.15, -0.1) is 0 Å². The maximum atomic E-state index is 11.9. The highest BCUT2D eigenvalue weighted by atomic mass is 16.2. The van der Waals surface area contributed by atoms with Gasteiger partial charge in [0.1, 0.15) is 0 Å². The third-order valence-electron chi connectivity index (χ3n) is 4.89. The van der Waals surface area contributed by atoms with Gasteiger partial charge in [-0.3, -0.25) is 4.79 Å². The first kappa shape index (κ1) is 15.8. The van der Waals surface area contributed by atoms with Gasteiger partial charge in [-0.2, -0.15) is 0 Å². The summed E-state index contributed by atoms with van der Waals surface area (Å²) in [6.07, 6.45) is 4.72. The lowest BCUT2D eigenvalue weighted by atomic mass is 9.96. The highest BCUT2D eigenvalue weighted by Gasteiger charge is 2.44. The Bertz CT molecular complexity index is 555. The van der Waals surface area contributed by atoms with Crippen molar-refractivity contribution in [2.75, 3.05) is 26.2 Å². The molecule has 23 heavy (non-hydrogen) atoms. The molecule has 2 fully saturated rings. The van der Waals surface area contributed by atoms with Gasteiger partial charge in [0, 0.05) is 38.0 Å². The molecule has 0 spiro atoms. The molecule has 2 aliphatic rings. The number of rotatable bonds is 7. The second kappa shape index (κ2) is 7.02. The lowest BCUT2D eigenvalue weighted by Gasteiger charge is -2.18. The summed E-state index contributed by atoms with van der Waals surface area (Å²) in [7, 11) is 0. The number of nitrogens with zero attached hydrogens (tertiary/aromatic N) is 1. The number of carbonyl (C=O) groups excluding carboxylic acids is 2. The topological polar surface area (TPSA) is 61.4 Å². The van der Waals surface area contributed by atoms with Gasteiger partial charge in [-0.25, -0.2) is 4.79 Å². The Balaban J connectivity index is 1.33. The van der Waals surface area contributed by atoms with Crippen molar-refractivity contribution in [3.63, 3.8) is 0 Å². The lowest BCUT2D eigenvalue weighted by Crippen LogP contribution is -2.40. The van der Waals surface area contributed by atoms with Gasteiger partial charge in [0.05, 0.1) is 0 Å². The first-order valence-corrected chi connectivity index (χ1v) is 8.55. The third-order valence-corrected chi connectivity index (χ3v) is 4.89. The summed E-state index contributed by atoms with van der Waals surface area (Å²) in [5, 5.41) is 5.88. The molecule has 1 saturated heterocycles. The minimum atomic E-state index is -0.111. The van der Waals surface area contributed by atoms with E-state index in [2.05, 4.69) is 34.9 Å². The van der Waals surface area contributed by atoms with Crippen LogP contribution in [-0.2, 0) is 10.2 Å². The number of carbonyl (C=O) groups is 2. The van der Waals surface area contributed by atoms with Crippen molar-refractivity contribution in [1.82, 2.24) is 15.5 Å². The van der Waals surface area contributed by atoms with E-state index in [1.807, 2.05) is 11.0 Å². The average Bonchev–Trinajstić information content (AvgIpc) is 3.27. The molecule has 1 aromatic carbocycles. The Labute approximate surface area is 137 Å². The Morgan fingerprint density at radius 1 is 1.17 bits per heavy atom. The van der Waals surface area contributed by atoms with Crippen molar-refractivity contribution in [2.24, 2.45) is 0 Å². The van der Waals surface area contributed by atoms with Crippen molar-refractivity contribution in [3.8, 4) is 0 Å². The van der Waals surface area contributed by atoms with Gasteiger partial charge in [0.25, 0.3) is 0 Å². The summed E-state index contributed by atoms with van der Waals surface area (Å²) >= 11 is 0. The molecule has 3 amide bonds. The molecule has 1 aliphatic carbocycles. The molecule has 3 rings (SSSR count). The van der Waals surface area contributed by atoms with Crippen molar-refractivity contribution in [3.05, 3.63) is 35.9 Å². The van der Waals surface area contributed by atoms with E-state index in [1.165, 1.54) is 5.56 Å². The molecule has 5 nitrogen and oxygen atoms in total. The molecule has 0 aromatic heterocycles. The van der Waals surface area contributed by atoms with Crippen LogP contribution in [0.15, 0.2) is 30.3 Å². The Morgan fingerprint density at radius 3 is 2.61 bits per heavy atom. The van der Waals surface area contributed by atoms with Gasteiger partial charge >= 0.3 is 6.03 Å². The standard InChI is InChI=1S/C18H25N3O2/c22-16-8-4-12-21(16)13-5-11-19-17(23)20-14-18(9-10-18)15-6-2-1-3-7-15/h1-3,6-7H,4-5,8-14H2,(H2,19,20,23). The predicted octanol–water partition coefficient (Wildman–Crippen LogP) is 2.03. The number of benzene rings is 1. The van der Waals surface area contributed by atoms with Crippen molar-refractivity contribution in [1.29, 1.82) is 0 Å². The van der Waals surface area contributed by atoms with Crippen LogP contribution in [0.5, 0.6) is 0 Å². The minimum Gasteiger partial charge on any atom is -0.343 e. The van der Waals surface area contributed by atoms with Crippen LogP contribution in [-0.4, -0.2) is 43.0 Å². The SMILES string of the molecule is O=C(NCCCN1CCCC1=O)NCC1(c2ccccc2)CC1. The molecule has 0 atom stereocenters. The zero-order valence-electron chi connectivity index (χ0n) is 13.5. The number of urea groups is 1. The zero-order chi connectivity index (χ0) is 16.1. The maximum absolute atomic E-state index is 11.9. The fourth-order valence-electron chi connectivity index (χ4n) is 3.23. The molecule has 1 aromatic rings. The number of likely N-dealkylation sites (tertiary alicyclic amines) is 1. The van der Waals surface area contributed by atoms with E-state index in [9.17, 15) is 9.59 Å². The van der Waals surface area contributed by atoms with Crippen LogP contribution in [0.2, 0.25) is 0 Å². The van der Waals surface area contributed by atoms with E-state index in [1.54, 1.807) is 0 Å². The molecule has 0 bridgehead atoms. The van der Waals surface area contributed by atoms with Crippen molar-refractivity contribution in [2.45, 2.75) is 37.5 Å². The van der Waals surface area contributed by atoms with Gasteiger partial charge in [0.2, 0.25) is 5.91 Å². The van der Waals surface area contributed by atoms with E-state index in [0.717, 1.165) is 38.8 Å². The molecule has 5 heteroatoms. The summed E-state index contributed by atoms with van der Waals surface area (Å²) in [6.45, 7) is 2.90. The van der Waals surface area contributed by atoms with Crippen LogP contribution >= 0.6 is 0 Å². The Hall–Kier alpha value is -2.04. The lowest BCUT2D eigenvalue weighted by molar-refractivity contribution is -0.127. The molecular weight excluding hydrogens is 290 g/mol. The smallest absolute Gasteiger partial charge is 0.314 e. The monoisotopic (exact) mass is 315 g/mol. The molecule has 1 heterocycles. The van der Waals surface area contributed by atoms with E-state index >= 15 is 0 Å². The largest absolute Gasteiger partial charge is 0.343 e. The first-order chi connectivity index (χ1) is 11.2. The van der Waals surface area contributed by atoms with E-state index in [0.29, 0.717) is 19.5 Å². The second-order valence-electron chi connectivity index (χ2n) is 6.59. The average molecular weight is 315 g/mol. The van der Waals surface area contributed by atoms with Crippen LogP contribution in [0, 0.1) is 0 Å². The number of hydrogen-bond acceptors (Lipinski definition) is 2. The Morgan fingerprint density at radius 2 is 1.96 bits per heavy atom. The summed E-state index contributed by atoms with van der Waals surface area (Å²) in [5.74, 6) is 0.244. The summed E-state index contributed by atoms with van der Waals surface area (Å²) in [4.78, 5) is 25.3.